The molecule has 6 nitrogen and oxygen atoms in total. The summed E-state index contributed by atoms with van der Waals surface area (Å²) in [4.78, 5) is 37.5. The first-order valence-electron chi connectivity index (χ1n) is 20.7. The van der Waals surface area contributed by atoms with Gasteiger partial charge in [-0.3, -0.25) is 14.4 Å². The van der Waals surface area contributed by atoms with E-state index in [1.54, 1.807) is 0 Å². The Morgan fingerprint density at radius 3 is 1.36 bits per heavy atom. The van der Waals surface area contributed by atoms with E-state index in [2.05, 4.69) is 69.4 Å². The number of hydrogen-bond donors (Lipinski definition) is 0. The van der Waals surface area contributed by atoms with Crippen LogP contribution in [0.1, 0.15) is 194 Å². The Labute approximate surface area is 307 Å². The van der Waals surface area contributed by atoms with E-state index in [1.807, 2.05) is 0 Å². The molecule has 0 amide bonds. The standard InChI is InChI=1S/C44H76O6/c1-4-7-10-13-16-19-21-22-23-26-28-31-34-37-43(46)49-40-41(39-48-42(45)36-33-30-27-24-18-15-12-9-6-3)50-44(47)38-35-32-29-25-20-17-14-11-8-5-2/h7,10,13,16,19,21,24,27,41H,4-6,8-9,11-12,14-15,17-18,20,22-23,25-26,28-40H2,1-3H3/b10-7-,16-13-,21-19-,27-24-. The van der Waals surface area contributed by atoms with Gasteiger partial charge in [-0.05, 0) is 57.8 Å². The van der Waals surface area contributed by atoms with Crippen molar-refractivity contribution in [3.8, 4) is 0 Å². The Hall–Kier alpha value is -2.63. The first-order valence-corrected chi connectivity index (χ1v) is 20.7. The average Bonchev–Trinajstić information content (AvgIpc) is 3.11. The SMILES string of the molecule is CC\C=C/C=C\C=C/CCCCCCCC(=O)OCC(COC(=O)CCC/C=C\CCCCCC)OC(=O)CCCCCCCCCCCC. The van der Waals surface area contributed by atoms with Crippen LogP contribution >= 0.6 is 0 Å². The molecule has 0 aliphatic rings. The third-order valence-corrected chi connectivity index (χ3v) is 8.63. The lowest BCUT2D eigenvalue weighted by atomic mass is 10.1. The number of carbonyl (C=O) groups is 3. The molecule has 50 heavy (non-hydrogen) atoms. The quantitative estimate of drug-likeness (QED) is 0.0213. The number of unbranched alkanes of at least 4 members (excludes halogenated alkanes) is 19. The first-order chi connectivity index (χ1) is 24.5. The van der Waals surface area contributed by atoms with Crippen LogP contribution in [-0.2, 0) is 28.6 Å². The van der Waals surface area contributed by atoms with E-state index < -0.39 is 6.10 Å². The Kier molecular flexibility index (Phi) is 37.1. The normalized spacial score (nSPS) is 12.5. The van der Waals surface area contributed by atoms with Crippen molar-refractivity contribution in [2.75, 3.05) is 13.2 Å². The third-order valence-electron chi connectivity index (χ3n) is 8.63. The highest BCUT2D eigenvalue weighted by Gasteiger charge is 2.19. The molecule has 1 atom stereocenters. The maximum atomic E-state index is 12.6. The van der Waals surface area contributed by atoms with Gasteiger partial charge in [-0.15, -0.1) is 0 Å². The Morgan fingerprint density at radius 2 is 0.820 bits per heavy atom. The maximum absolute atomic E-state index is 12.6. The van der Waals surface area contributed by atoms with Gasteiger partial charge in [0.15, 0.2) is 6.10 Å². The number of ether oxygens (including phenoxy) is 3. The van der Waals surface area contributed by atoms with E-state index in [1.165, 1.54) is 70.6 Å². The summed E-state index contributed by atoms with van der Waals surface area (Å²) >= 11 is 0. The molecule has 0 saturated carbocycles. The summed E-state index contributed by atoms with van der Waals surface area (Å²) in [6, 6.07) is 0. The number of hydrogen-bond acceptors (Lipinski definition) is 6. The second-order valence-corrected chi connectivity index (χ2v) is 13.6. The van der Waals surface area contributed by atoms with E-state index in [4.69, 9.17) is 14.2 Å². The summed E-state index contributed by atoms with van der Waals surface area (Å²) in [7, 11) is 0. The largest absolute Gasteiger partial charge is 0.462 e. The van der Waals surface area contributed by atoms with Crippen molar-refractivity contribution in [2.45, 2.75) is 200 Å². The molecular formula is C44H76O6. The van der Waals surface area contributed by atoms with Crippen molar-refractivity contribution < 1.29 is 28.6 Å². The lowest BCUT2D eigenvalue weighted by molar-refractivity contribution is -0.167. The molecule has 1 unspecified atom stereocenters. The van der Waals surface area contributed by atoms with Gasteiger partial charge in [-0.1, -0.05) is 166 Å². The highest BCUT2D eigenvalue weighted by Crippen LogP contribution is 2.13. The minimum absolute atomic E-state index is 0.0916. The highest BCUT2D eigenvalue weighted by molar-refractivity contribution is 5.71. The predicted molar refractivity (Wildman–Crippen MR) is 210 cm³/mol. The van der Waals surface area contributed by atoms with E-state index in [0.29, 0.717) is 25.7 Å². The fourth-order valence-electron chi connectivity index (χ4n) is 5.50. The van der Waals surface area contributed by atoms with Gasteiger partial charge in [-0.2, -0.15) is 0 Å². The van der Waals surface area contributed by atoms with Gasteiger partial charge in [0.05, 0.1) is 0 Å². The van der Waals surface area contributed by atoms with Crippen molar-refractivity contribution in [1.82, 2.24) is 0 Å². The van der Waals surface area contributed by atoms with Crippen molar-refractivity contribution in [1.29, 1.82) is 0 Å². The van der Waals surface area contributed by atoms with Crippen LogP contribution in [0.3, 0.4) is 0 Å². The number of carbonyl (C=O) groups excluding carboxylic acids is 3. The van der Waals surface area contributed by atoms with Crippen LogP contribution in [0.5, 0.6) is 0 Å². The van der Waals surface area contributed by atoms with Gasteiger partial charge < -0.3 is 14.2 Å². The van der Waals surface area contributed by atoms with Crippen LogP contribution in [-0.4, -0.2) is 37.2 Å². The summed E-state index contributed by atoms with van der Waals surface area (Å²) in [5.74, 6) is -0.954. The minimum Gasteiger partial charge on any atom is -0.462 e. The van der Waals surface area contributed by atoms with E-state index >= 15 is 0 Å². The molecular weight excluding hydrogens is 624 g/mol. The first kappa shape index (κ1) is 47.4. The molecule has 0 aromatic heterocycles. The molecule has 0 heterocycles. The molecule has 0 aliphatic carbocycles. The van der Waals surface area contributed by atoms with Crippen molar-refractivity contribution in [3.05, 3.63) is 48.6 Å². The van der Waals surface area contributed by atoms with E-state index in [-0.39, 0.29) is 31.1 Å². The Balaban J connectivity index is 4.42. The molecule has 0 aromatic carbocycles. The number of allylic oxidation sites excluding steroid dienone is 8. The molecule has 0 aromatic rings. The van der Waals surface area contributed by atoms with Crippen LogP contribution in [0.4, 0.5) is 0 Å². The fourth-order valence-corrected chi connectivity index (χ4v) is 5.50. The van der Waals surface area contributed by atoms with Gasteiger partial charge in [-0.25, -0.2) is 0 Å². The van der Waals surface area contributed by atoms with Gasteiger partial charge in [0.2, 0.25) is 0 Å². The summed E-state index contributed by atoms with van der Waals surface area (Å²) in [6.45, 7) is 6.39. The highest BCUT2D eigenvalue weighted by atomic mass is 16.6. The maximum Gasteiger partial charge on any atom is 0.306 e. The van der Waals surface area contributed by atoms with Gasteiger partial charge in [0.1, 0.15) is 13.2 Å². The zero-order valence-electron chi connectivity index (χ0n) is 32.7. The van der Waals surface area contributed by atoms with Gasteiger partial charge >= 0.3 is 17.9 Å². The minimum atomic E-state index is -0.785. The summed E-state index contributed by atoms with van der Waals surface area (Å²) in [6.07, 6.45) is 43.9. The van der Waals surface area contributed by atoms with Crippen molar-refractivity contribution >= 4 is 17.9 Å². The summed E-state index contributed by atoms with van der Waals surface area (Å²) in [5.41, 5.74) is 0. The van der Waals surface area contributed by atoms with Crippen LogP contribution in [0, 0.1) is 0 Å². The van der Waals surface area contributed by atoms with Gasteiger partial charge in [0.25, 0.3) is 0 Å². The zero-order valence-corrected chi connectivity index (χ0v) is 32.7. The molecule has 0 saturated heterocycles. The summed E-state index contributed by atoms with van der Waals surface area (Å²) in [5, 5.41) is 0. The molecule has 0 N–H and O–H groups in total. The Bertz CT molecular complexity index is 902. The van der Waals surface area contributed by atoms with Crippen LogP contribution in [0.2, 0.25) is 0 Å². The summed E-state index contributed by atoms with van der Waals surface area (Å²) < 4.78 is 16.6. The molecule has 0 rings (SSSR count). The monoisotopic (exact) mass is 701 g/mol. The van der Waals surface area contributed by atoms with Crippen LogP contribution in [0.25, 0.3) is 0 Å². The van der Waals surface area contributed by atoms with Gasteiger partial charge in [0, 0.05) is 19.3 Å². The molecule has 0 aliphatic heterocycles. The molecule has 288 valence electrons. The molecule has 0 fully saturated rings. The number of esters is 3. The number of rotatable bonds is 36. The van der Waals surface area contributed by atoms with Crippen LogP contribution < -0.4 is 0 Å². The topological polar surface area (TPSA) is 78.9 Å². The molecule has 6 heteroatoms. The van der Waals surface area contributed by atoms with E-state index in [9.17, 15) is 14.4 Å². The lowest BCUT2D eigenvalue weighted by Gasteiger charge is -2.18. The molecule has 0 spiro atoms. The second-order valence-electron chi connectivity index (χ2n) is 13.6. The van der Waals surface area contributed by atoms with Crippen LogP contribution in [0.15, 0.2) is 48.6 Å². The predicted octanol–water partition coefficient (Wildman–Crippen LogP) is 12.8. The molecule has 0 radical (unpaired) electrons. The van der Waals surface area contributed by atoms with Crippen molar-refractivity contribution in [2.24, 2.45) is 0 Å². The van der Waals surface area contributed by atoms with Crippen molar-refractivity contribution in [3.63, 3.8) is 0 Å². The fraction of sp³-hybridized carbons (Fsp3) is 0.750. The smallest absolute Gasteiger partial charge is 0.306 e. The Morgan fingerprint density at radius 1 is 0.420 bits per heavy atom. The zero-order chi connectivity index (χ0) is 36.6. The lowest BCUT2D eigenvalue weighted by Crippen LogP contribution is -2.30. The molecule has 0 bridgehead atoms. The average molecular weight is 701 g/mol. The van der Waals surface area contributed by atoms with E-state index in [0.717, 1.165) is 77.0 Å². The second kappa shape index (κ2) is 39.2. The third kappa shape index (κ3) is 36.6.